The van der Waals surface area contributed by atoms with Crippen LogP contribution in [0.4, 0.5) is 0 Å². The van der Waals surface area contributed by atoms with E-state index in [0.717, 1.165) is 29.3 Å². The fraction of sp³-hybridized carbons (Fsp3) is 0.286. The minimum Gasteiger partial charge on any atom is -0.407 e. The van der Waals surface area contributed by atoms with Crippen LogP contribution in [0, 0.1) is 5.41 Å². The highest BCUT2D eigenvalue weighted by Crippen LogP contribution is 2.27. The number of nitrogens with two attached hydrogens (primary N) is 1. The van der Waals surface area contributed by atoms with E-state index in [1.54, 1.807) is 30.6 Å². The SMILES string of the molecule is CC(C)N=C(N)OC(=N)c1ccc2[nH]cc(-c3nccc(C(=O)NC4CC4)n3)c2c1. The van der Waals surface area contributed by atoms with Gasteiger partial charge in [0, 0.05) is 46.5 Å². The molecule has 0 radical (unpaired) electrons. The standard InChI is InChI=1S/C21H23N7O2/c1-11(2)26-21(23)30-18(22)12-3-6-16-14(9-12)15(10-25-16)19-24-8-7-17(28-19)20(29)27-13-4-5-13/h3,6-11,13,22,25H,4-5H2,1-2H3,(H2,23,26)(H,27,29). The molecule has 1 aliphatic rings. The normalized spacial score (nSPS) is 14.2. The first-order chi connectivity index (χ1) is 14.4. The van der Waals surface area contributed by atoms with Gasteiger partial charge in [-0.05, 0) is 51.0 Å². The first-order valence-corrected chi connectivity index (χ1v) is 9.76. The summed E-state index contributed by atoms with van der Waals surface area (Å²) in [6.07, 6.45) is 5.37. The van der Waals surface area contributed by atoms with Crippen LogP contribution in [-0.2, 0) is 4.74 Å². The van der Waals surface area contributed by atoms with E-state index in [1.165, 1.54) is 0 Å². The van der Waals surface area contributed by atoms with E-state index in [4.69, 9.17) is 15.9 Å². The highest BCUT2D eigenvalue weighted by molar-refractivity contribution is 6.04. The lowest BCUT2D eigenvalue weighted by Gasteiger charge is -2.08. The molecule has 9 nitrogen and oxygen atoms in total. The number of hydrogen-bond donors (Lipinski definition) is 4. The van der Waals surface area contributed by atoms with E-state index in [1.807, 2.05) is 19.9 Å². The Morgan fingerprint density at radius 2 is 2.17 bits per heavy atom. The number of aliphatic imine (C=N–C) groups is 1. The highest BCUT2D eigenvalue weighted by atomic mass is 16.5. The van der Waals surface area contributed by atoms with Gasteiger partial charge in [-0.1, -0.05) is 0 Å². The quantitative estimate of drug-likeness (QED) is 0.381. The van der Waals surface area contributed by atoms with E-state index in [2.05, 4.69) is 25.3 Å². The fourth-order valence-electron chi connectivity index (χ4n) is 2.99. The molecule has 0 aliphatic heterocycles. The first-order valence-electron chi connectivity index (χ1n) is 9.76. The summed E-state index contributed by atoms with van der Waals surface area (Å²) < 4.78 is 5.33. The van der Waals surface area contributed by atoms with Crippen molar-refractivity contribution in [2.45, 2.75) is 38.8 Å². The van der Waals surface area contributed by atoms with E-state index >= 15 is 0 Å². The maximum absolute atomic E-state index is 12.3. The second kappa shape index (κ2) is 7.94. The van der Waals surface area contributed by atoms with Crippen LogP contribution in [0.3, 0.4) is 0 Å². The fourth-order valence-corrected chi connectivity index (χ4v) is 2.99. The number of carbonyl (C=O) groups excluding carboxylic acids is 1. The molecule has 1 aromatic carbocycles. The molecule has 2 heterocycles. The summed E-state index contributed by atoms with van der Waals surface area (Å²) in [5.41, 5.74) is 8.17. The third-order valence-electron chi connectivity index (χ3n) is 4.58. The van der Waals surface area contributed by atoms with Crippen molar-refractivity contribution in [2.24, 2.45) is 10.7 Å². The zero-order chi connectivity index (χ0) is 21.3. The summed E-state index contributed by atoms with van der Waals surface area (Å²) >= 11 is 0. The molecule has 0 spiro atoms. The lowest BCUT2D eigenvalue weighted by molar-refractivity contribution is 0.0946. The summed E-state index contributed by atoms with van der Waals surface area (Å²) in [5.74, 6) is 0.122. The van der Waals surface area contributed by atoms with Crippen LogP contribution in [0.1, 0.15) is 42.7 Å². The molecule has 0 atom stereocenters. The van der Waals surface area contributed by atoms with Crippen molar-refractivity contribution in [3.05, 3.63) is 47.9 Å². The van der Waals surface area contributed by atoms with Crippen molar-refractivity contribution in [1.29, 1.82) is 5.41 Å². The molecular weight excluding hydrogens is 382 g/mol. The summed E-state index contributed by atoms with van der Waals surface area (Å²) in [6, 6.07) is 7.16. The predicted octanol–water partition coefficient (Wildman–Crippen LogP) is 2.58. The maximum atomic E-state index is 12.3. The van der Waals surface area contributed by atoms with Crippen molar-refractivity contribution in [3.63, 3.8) is 0 Å². The molecule has 0 bridgehead atoms. The van der Waals surface area contributed by atoms with Crippen molar-refractivity contribution in [1.82, 2.24) is 20.3 Å². The Labute approximate surface area is 173 Å². The van der Waals surface area contributed by atoms with Gasteiger partial charge in [-0.2, -0.15) is 0 Å². The summed E-state index contributed by atoms with van der Waals surface area (Å²) in [7, 11) is 0. The molecular formula is C21H23N7O2. The molecule has 30 heavy (non-hydrogen) atoms. The number of benzene rings is 1. The van der Waals surface area contributed by atoms with Gasteiger partial charge in [0.25, 0.3) is 11.9 Å². The minimum atomic E-state index is -0.197. The smallest absolute Gasteiger partial charge is 0.289 e. The largest absolute Gasteiger partial charge is 0.407 e. The highest BCUT2D eigenvalue weighted by Gasteiger charge is 2.24. The number of carbonyl (C=O) groups is 1. The van der Waals surface area contributed by atoms with Crippen molar-refractivity contribution in [3.8, 4) is 11.4 Å². The Morgan fingerprint density at radius 3 is 2.90 bits per heavy atom. The van der Waals surface area contributed by atoms with Gasteiger partial charge < -0.3 is 20.8 Å². The predicted molar refractivity (Wildman–Crippen MR) is 114 cm³/mol. The molecule has 154 valence electrons. The summed E-state index contributed by atoms with van der Waals surface area (Å²) in [5, 5.41) is 11.9. The lowest BCUT2D eigenvalue weighted by Crippen LogP contribution is -2.26. The number of fused-ring (bicyclic) bond motifs is 1. The molecule has 0 saturated heterocycles. The van der Waals surface area contributed by atoms with Gasteiger partial charge in [0.2, 0.25) is 5.90 Å². The average molecular weight is 405 g/mol. The van der Waals surface area contributed by atoms with E-state index in [9.17, 15) is 4.79 Å². The molecule has 1 saturated carbocycles. The van der Waals surface area contributed by atoms with Gasteiger partial charge in [-0.25, -0.2) is 15.0 Å². The number of H-pyrrole nitrogens is 1. The number of amidine groups is 1. The number of aromatic amines is 1. The summed E-state index contributed by atoms with van der Waals surface area (Å²) in [6.45, 7) is 3.74. The van der Waals surface area contributed by atoms with Crippen molar-refractivity contribution in [2.75, 3.05) is 0 Å². The van der Waals surface area contributed by atoms with Crippen molar-refractivity contribution < 1.29 is 9.53 Å². The van der Waals surface area contributed by atoms with Gasteiger partial charge in [0.15, 0.2) is 5.82 Å². The zero-order valence-corrected chi connectivity index (χ0v) is 16.8. The molecule has 3 aromatic rings. The van der Waals surface area contributed by atoms with Crippen LogP contribution >= 0.6 is 0 Å². The number of nitrogens with one attached hydrogen (secondary N) is 3. The Morgan fingerprint density at radius 1 is 1.37 bits per heavy atom. The summed E-state index contributed by atoms with van der Waals surface area (Å²) in [4.78, 5) is 28.3. The topological polar surface area (TPSA) is 142 Å². The number of rotatable bonds is 5. The number of nitrogens with zero attached hydrogens (tertiary/aromatic N) is 3. The first kappa shape index (κ1) is 19.6. The Bertz CT molecular complexity index is 1150. The monoisotopic (exact) mass is 405 g/mol. The molecule has 4 rings (SSSR count). The number of ether oxygens (including phenoxy) is 1. The van der Waals surface area contributed by atoms with E-state index in [-0.39, 0.29) is 29.9 Å². The molecule has 2 aromatic heterocycles. The molecule has 1 aliphatic carbocycles. The van der Waals surface area contributed by atoms with Crippen LogP contribution in [0.15, 0.2) is 41.7 Å². The second-order valence-electron chi connectivity index (χ2n) is 7.47. The zero-order valence-electron chi connectivity index (χ0n) is 16.8. The average Bonchev–Trinajstić information content (AvgIpc) is 3.42. The molecule has 0 unspecified atom stereocenters. The number of aromatic nitrogens is 3. The van der Waals surface area contributed by atoms with Gasteiger partial charge >= 0.3 is 0 Å². The third kappa shape index (κ3) is 4.29. The molecule has 1 amide bonds. The van der Waals surface area contributed by atoms with Crippen LogP contribution in [-0.4, -0.2) is 44.9 Å². The lowest BCUT2D eigenvalue weighted by atomic mass is 10.1. The maximum Gasteiger partial charge on any atom is 0.289 e. The molecule has 9 heteroatoms. The van der Waals surface area contributed by atoms with Crippen LogP contribution in [0.5, 0.6) is 0 Å². The number of hydrogen-bond acceptors (Lipinski definition) is 6. The van der Waals surface area contributed by atoms with E-state index < -0.39 is 0 Å². The van der Waals surface area contributed by atoms with Gasteiger partial charge in [-0.3, -0.25) is 10.2 Å². The van der Waals surface area contributed by atoms with E-state index in [0.29, 0.717) is 17.1 Å². The third-order valence-corrected chi connectivity index (χ3v) is 4.58. The molecule has 5 N–H and O–H groups in total. The van der Waals surface area contributed by atoms with Crippen LogP contribution < -0.4 is 11.1 Å². The van der Waals surface area contributed by atoms with Crippen LogP contribution in [0.25, 0.3) is 22.3 Å². The Balaban J connectivity index is 1.63. The number of amides is 1. The Hall–Kier alpha value is -3.75. The van der Waals surface area contributed by atoms with Gasteiger partial charge in [-0.15, -0.1) is 0 Å². The van der Waals surface area contributed by atoms with Crippen LogP contribution in [0.2, 0.25) is 0 Å². The van der Waals surface area contributed by atoms with Gasteiger partial charge in [0.1, 0.15) is 5.69 Å². The minimum absolute atomic E-state index is 0.0295. The molecule has 1 fully saturated rings. The van der Waals surface area contributed by atoms with Crippen molar-refractivity contribution >= 4 is 28.7 Å². The second-order valence-corrected chi connectivity index (χ2v) is 7.47. The Kier molecular flexibility index (Phi) is 5.18. The van der Waals surface area contributed by atoms with Gasteiger partial charge in [0.05, 0.1) is 0 Å².